The first-order valence-electron chi connectivity index (χ1n) is 5.21. The van der Waals surface area contributed by atoms with Crippen LogP contribution in [0.5, 0.6) is 0 Å². The Balaban J connectivity index is 2.27. The van der Waals surface area contributed by atoms with Crippen molar-refractivity contribution in [2.24, 2.45) is 0 Å². The van der Waals surface area contributed by atoms with Crippen LogP contribution in [0.1, 0.15) is 13.8 Å². The minimum atomic E-state index is -3.30. The SMILES string of the molecule is CC1(C)CN(S(=O)(=O)c2ccc(Br)s2)CCS1. The molecule has 0 unspecified atom stereocenters. The van der Waals surface area contributed by atoms with Gasteiger partial charge in [-0.1, -0.05) is 0 Å². The molecule has 1 aliphatic rings. The second-order valence-electron chi connectivity index (χ2n) is 4.51. The van der Waals surface area contributed by atoms with Crippen molar-refractivity contribution < 1.29 is 8.42 Å². The molecule has 96 valence electrons. The molecule has 1 saturated heterocycles. The van der Waals surface area contributed by atoms with Crippen molar-refractivity contribution in [3.63, 3.8) is 0 Å². The topological polar surface area (TPSA) is 37.4 Å². The van der Waals surface area contributed by atoms with Crippen molar-refractivity contribution in [3.05, 3.63) is 15.9 Å². The first-order chi connectivity index (χ1) is 7.81. The maximum Gasteiger partial charge on any atom is 0.252 e. The third-order valence-corrected chi connectivity index (χ3v) is 7.77. The van der Waals surface area contributed by atoms with Crippen molar-refractivity contribution in [1.82, 2.24) is 4.31 Å². The zero-order valence-corrected chi connectivity index (χ0v) is 13.7. The summed E-state index contributed by atoms with van der Waals surface area (Å²) in [5.41, 5.74) is 0. The van der Waals surface area contributed by atoms with E-state index in [-0.39, 0.29) is 4.75 Å². The van der Waals surface area contributed by atoms with Gasteiger partial charge in [-0.25, -0.2) is 8.42 Å². The first-order valence-corrected chi connectivity index (χ1v) is 9.24. The van der Waals surface area contributed by atoms with Gasteiger partial charge in [0.25, 0.3) is 10.0 Å². The van der Waals surface area contributed by atoms with Gasteiger partial charge in [-0.3, -0.25) is 0 Å². The monoisotopic (exact) mass is 355 g/mol. The number of sulfonamides is 1. The van der Waals surface area contributed by atoms with Crippen molar-refractivity contribution >= 4 is 49.1 Å². The highest BCUT2D eigenvalue weighted by atomic mass is 79.9. The predicted molar refractivity (Wildman–Crippen MR) is 77.3 cm³/mol. The zero-order valence-electron chi connectivity index (χ0n) is 9.64. The maximum absolute atomic E-state index is 12.4. The van der Waals surface area contributed by atoms with Crippen molar-refractivity contribution in [2.45, 2.75) is 22.8 Å². The predicted octanol–water partition coefficient (Wildman–Crippen LogP) is 3.03. The van der Waals surface area contributed by atoms with Crippen molar-refractivity contribution in [3.8, 4) is 0 Å². The molecule has 0 atom stereocenters. The molecule has 1 aromatic heterocycles. The molecule has 0 spiro atoms. The van der Waals surface area contributed by atoms with Gasteiger partial charge in [0.1, 0.15) is 4.21 Å². The number of rotatable bonds is 2. The van der Waals surface area contributed by atoms with Gasteiger partial charge < -0.3 is 0 Å². The van der Waals surface area contributed by atoms with Crippen molar-refractivity contribution in [1.29, 1.82) is 0 Å². The van der Waals surface area contributed by atoms with E-state index in [1.165, 1.54) is 11.3 Å². The Morgan fingerprint density at radius 3 is 2.65 bits per heavy atom. The fourth-order valence-corrected chi connectivity index (χ4v) is 6.82. The van der Waals surface area contributed by atoms with E-state index >= 15 is 0 Å². The first kappa shape index (κ1) is 13.9. The number of halogens is 1. The third kappa shape index (κ3) is 3.07. The van der Waals surface area contributed by atoms with E-state index < -0.39 is 10.0 Å². The third-order valence-electron chi connectivity index (χ3n) is 2.53. The maximum atomic E-state index is 12.4. The normalized spacial score (nSPS) is 21.6. The Labute approximate surface area is 119 Å². The number of nitrogens with zero attached hydrogens (tertiary/aromatic N) is 1. The summed E-state index contributed by atoms with van der Waals surface area (Å²) in [7, 11) is -3.30. The van der Waals surface area contributed by atoms with E-state index in [4.69, 9.17) is 0 Å². The van der Waals surface area contributed by atoms with Gasteiger partial charge in [-0.2, -0.15) is 16.1 Å². The van der Waals surface area contributed by atoms with E-state index in [1.54, 1.807) is 16.4 Å². The minimum Gasteiger partial charge on any atom is -0.206 e. The molecule has 0 saturated carbocycles. The van der Waals surface area contributed by atoms with E-state index in [0.717, 1.165) is 9.54 Å². The van der Waals surface area contributed by atoms with Gasteiger partial charge in [-0.15, -0.1) is 11.3 Å². The van der Waals surface area contributed by atoms with E-state index in [0.29, 0.717) is 17.3 Å². The lowest BCUT2D eigenvalue weighted by Crippen LogP contribution is -2.45. The largest absolute Gasteiger partial charge is 0.252 e. The molecule has 3 nitrogen and oxygen atoms in total. The summed E-state index contributed by atoms with van der Waals surface area (Å²) in [5.74, 6) is 0.860. The average Bonchev–Trinajstić information content (AvgIpc) is 2.64. The highest BCUT2D eigenvalue weighted by Crippen LogP contribution is 2.34. The molecule has 7 heteroatoms. The molecule has 1 aromatic rings. The molecule has 0 radical (unpaired) electrons. The second kappa shape index (κ2) is 4.85. The molecule has 2 heterocycles. The van der Waals surface area contributed by atoms with E-state index in [1.807, 2.05) is 11.8 Å². The van der Waals surface area contributed by atoms with Crippen LogP contribution in [0.25, 0.3) is 0 Å². The standard InChI is InChI=1S/C10H14BrNO2S3/c1-10(2)7-12(5-6-15-10)17(13,14)9-4-3-8(11)16-9/h3-4H,5-7H2,1-2H3. The van der Waals surface area contributed by atoms with Crippen LogP contribution in [0.2, 0.25) is 0 Å². The van der Waals surface area contributed by atoms with Gasteiger partial charge >= 0.3 is 0 Å². The quantitative estimate of drug-likeness (QED) is 0.818. The van der Waals surface area contributed by atoms with E-state index in [2.05, 4.69) is 29.8 Å². The zero-order chi connectivity index (χ0) is 12.7. The molecule has 0 aromatic carbocycles. The summed E-state index contributed by atoms with van der Waals surface area (Å²) in [4.78, 5) is 0. The van der Waals surface area contributed by atoms with Crippen LogP contribution in [-0.4, -0.2) is 36.3 Å². The van der Waals surface area contributed by atoms with Crippen LogP contribution in [0.15, 0.2) is 20.1 Å². The number of hydrogen-bond donors (Lipinski definition) is 0. The lowest BCUT2D eigenvalue weighted by Gasteiger charge is -2.36. The molecule has 0 bridgehead atoms. The summed E-state index contributed by atoms with van der Waals surface area (Å²) in [6.45, 7) is 5.36. The van der Waals surface area contributed by atoms with Gasteiger partial charge in [0.05, 0.1) is 3.79 Å². The summed E-state index contributed by atoms with van der Waals surface area (Å²) in [6.07, 6.45) is 0. The van der Waals surface area contributed by atoms with Crippen LogP contribution in [-0.2, 0) is 10.0 Å². The summed E-state index contributed by atoms with van der Waals surface area (Å²) >= 11 is 6.40. The molecular weight excluding hydrogens is 342 g/mol. The lowest BCUT2D eigenvalue weighted by molar-refractivity contribution is 0.388. The molecule has 1 fully saturated rings. The van der Waals surface area contributed by atoms with E-state index in [9.17, 15) is 8.42 Å². The fourth-order valence-electron chi connectivity index (χ4n) is 1.74. The average molecular weight is 356 g/mol. The molecule has 0 amide bonds. The number of thiophene rings is 1. The van der Waals surface area contributed by atoms with Gasteiger partial charge in [0, 0.05) is 23.6 Å². The smallest absolute Gasteiger partial charge is 0.206 e. The van der Waals surface area contributed by atoms with Gasteiger partial charge in [0.15, 0.2) is 0 Å². The van der Waals surface area contributed by atoms with Gasteiger partial charge in [-0.05, 0) is 41.9 Å². The summed E-state index contributed by atoms with van der Waals surface area (Å²) in [6, 6.07) is 3.44. The molecule has 17 heavy (non-hydrogen) atoms. The van der Waals surface area contributed by atoms with Crippen molar-refractivity contribution in [2.75, 3.05) is 18.8 Å². The summed E-state index contributed by atoms with van der Waals surface area (Å²) < 4.78 is 27.7. The van der Waals surface area contributed by atoms with Crippen LogP contribution in [0.3, 0.4) is 0 Å². The molecule has 0 N–H and O–H groups in total. The number of hydrogen-bond acceptors (Lipinski definition) is 4. The minimum absolute atomic E-state index is 0.000187. The Morgan fingerprint density at radius 1 is 1.41 bits per heavy atom. The Bertz CT molecular complexity index is 509. The highest BCUT2D eigenvalue weighted by Gasteiger charge is 2.35. The molecule has 2 rings (SSSR count). The Hall–Kier alpha value is 0.440. The molecule has 1 aliphatic heterocycles. The lowest BCUT2D eigenvalue weighted by atomic mass is 10.2. The Kier molecular flexibility index (Phi) is 3.95. The van der Waals surface area contributed by atoms with Crippen LogP contribution in [0.4, 0.5) is 0 Å². The molecular formula is C10H14BrNO2S3. The fraction of sp³-hybridized carbons (Fsp3) is 0.600. The molecule has 0 aliphatic carbocycles. The highest BCUT2D eigenvalue weighted by molar-refractivity contribution is 9.11. The second-order valence-corrected chi connectivity index (χ2v) is 10.9. The van der Waals surface area contributed by atoms with Crippen LogP contribution in [0, 0.1) is 0 Å². The van der Waals surface area contributed by atoms with Crippen LogP contribution >= 0.6 is 39.0 Å². The Morgan fingerprint density at radius 2 is 2.12 bits per heavy atom. The van der Waals surface area contributed by atoms with Gasteiger partial charge in [0.2, 0.25) is 0 Å². The van der Waals surface area contributed by atoms with Crippen LogP contribution < -0.4 is 0 Å². The number of thioether (sulfide) groups is 1. The summed E-state index contributed by atoms with van der Waals surface area (Å²) in [5, 5.41) is 0.